The molecule has 1 aliphatic carbocycles. The number of hydrogen-bond acceptors (Lipinski definition) is 6. The van der Waals surface area contributed by atoms with Gasteiger partial charge in [0.2, 0.25) is 10.0 Å². The van der Waals surface area contributed by atoms with Crippen molar-refractivity contribution >= 4 is 10.0 Å². The molecule has 0 radical (unpaired) electrons. The fourth-order valence-electron chi connectivity index (χ4n) is 4.11. The zero-order chi connectivity index (χ0) is 24.3. The molecule has 0 bridgehead atoms. The zero-order valence-electron chi connectivity index (χ0n) is 20.0. The molecule has 1 fully saturated rings. The smallest absolute Gasteiger partial charge is 0.247 e. The third-order valence-electron chi connectivity index (χ3n) is 6.36. The van der Waals surface area contributed by atoms with Gasteiger partial charge >= 0.3 is 0 Å². The molecule has 34 heavy (non-hydrogen) atoms. The van der Waals surface area contributed by atoms with Crippen molar-refractivity contribution in [3.8, 4) is 17.6 Å². The molecule has 2 aliphatic rings. The Hall–Kier alpha value is -2.44. The molecule has 0 spiro atoms. The number of pyridine rings is 1. The van der Waals surface area contributed by atoms with Gasteiger partial charge in [-0.3, -0.25) is 9.88 Å². The van der Waals surface area contributed by atoms with Gasteiger partial charge in [0.15, 0.2) is 0 Å². The van der Waals surface area contributed by atoms with Crippen molar-refractivity contribution < 1.29 is 18.3 Å². The first-order valence-corrected chi connectivity index (χ1v) is 13.2. The first-order valence-electron chi connectivity index (χ1n) is 11.8. The van der Waals surface area contributed by atoms with Crippen LogP contribution in [0.15, 0.2) is 47.6 Å². The van der Waals surface area contributed by atoms with Gasteiger partial charge in [0.05, 0.1) is 6.61 Å². The number of aliphatic hydroxyl groups excluding tert-OH is 1. The summed E-state index contributed by atoms with van der Waals surface area (Å²) in [4.78, 5) is 6.37. The predicted molar refractivity (Wildman–Crippen MR) is 131 cm³/mol. The molecule has 0 amide bonds. The molecule has 3 atom stereocenters. The van der Waals surface area contributed by atoms with Gasteiger partial charge in [-0.25, -0.2) is 8.42 Å². The third-order valence-corrected chi connectivity index (χ3v) is 8.38. The lowest BCUT2D eigenvalue weighted by molar-refractivity contribution is 0.0733. The van der Waals surface area contributed by atoms with Gasteiger partial charge in [-0.05, 0) is 62.7 Å². The first kappa shape index (κ1) is 24.7. The van der Waals surface area contributed by atoms with Crippen LogP contribution in [0.5, 0.6) is 5.75 Å². The van der Waals surface area contributed by atoms with Crippen LogP contribution >= 0.6 is 0 Å². The molecule has 1 aromatic heterocycles. The van der Waals surface area contributed by atoms with Crippen LogP contribution in [0.1, 0.15) is 37.8 Å². The van der Waals surface area contributed by atoms with E-state index in [0.717, 1.165) is 30.5 Å². The number of aromatic nitrogens is 1. The molecule has 1 saturated carbocycles. The maximum absolute atomic E-state index is 13.6. The third kappa shape index (κ3) is 5.78. The second kappa shape index (κ2) is 10.4. The van der Waals surface area contributed by atoms with Gasteiger partial charge in [0.1, 0.15) is 16.7 Å². The number of hydrogen-bond donors (Lipinski definition) is 1. The van der Waals surface area contributed by atoms with Gasteiger partial charge < -0.3 is 9.84 Å². The maximum Gasteiger partial charge on any atom is 0.247 e. The number of benzene rings is 1. The number of sulfonamides is 1. The molecule has 8 heteroatoms. The number of rotatable bonds is 6. The summed E-state index contributed by atoms with van der Waals surface area (Å²) in [6.45, 7) is 5.08. The van der Waals surface area contributed by atoms with Crippen molar-refractivity contribution in [3.63, 3.8) is 0 Å². The number of nitrogens with zero attached hydrogens (tertiary/aromatic N) is 3. The van der Waals surface area contributed by atoms with Crippen molar-refractivity contribution in [2.45, 2.75) is 50.3 Å². The highest BCUT2D eigenvalue weighted by molar-refractivity contribution is 7.89. The lowest BCUT2D eigenvalue weighted by Crippen LogP contribution is -2.49. The van der Waals surface area contributed by atoms with Crippen LogP contribution in [0.3, 0.4) is 0 Å². The zero-order valence-corrected chi connectivity index (χ0v) is 20.8. The number of fused-ring (bicyclic) bond motifs is 1. The summed E-state index contributed by atoms with van der Waals surface area (Å²) in [5.41, 5.74) is 1.90. The van der Waals surface area contributed by atoms with Crippen LogP contribution in [-0.2, 0) is 16.6 Å². The summed E-state index contributed by atoms with van der Waals surface area (Å²) in [5.74, 6) is 7.08. The molecule has 4 rings (SSSR count). The average Bonchev–Trinajstić information content (AvgIpc) is 3.64. The molecule has 1 N–H and O–H groups in total. The lowest BCUT2D eigenvalue weighted by Gasteiger charge is -2.37. The Morgan fingerprint density at radius 1 is 1.26 bits per heavy atom. The second-order valence-electron chi connectivity index (χ2n) is 9.50. The van der Waals surface area contributed by atoms with E-state index in [4.69, 9.17) is 4.74 Å². The number of aliphatic hydroxyl groups is 1. The molecule has 0 saturated heterocycles. The van der Waals surface area contributed by atoms with Gasteiger partial charge in [0, 0.05) is 55.5 Å². The molecule has 1 aromatic carbocycles. The Morgan fingerprint density at radius 2 is 2.00 bits per heavy atom. The molecular formula is C26H33N3O4S. The molecular weight excluding hydrogens is 450 g/mol. The van der Waals surface area contributed by atoms with Crippen LogP contribution in [-0.4, -0.2) is 66.6 Å². The second-order valence-corrected chi connectivity index (χ2v) is 11.4. The Bertz CT molecular complexity index is 1160. The van der Waals surface area contributed by atoms with Crippen molar-refractivity contribution in [3.05, 3.63) is 53.9 Å². The summed E-state index contributed by atoms with van der Waals surface area (Å²) >= 11 is 0. The summed E-state index contributed by atoms with van der Waals surface area (Å²) in [6.07, 6.45) is 5.55. The van der Waals surface area contributed by atoms with Crippen molar-refractivity contribution in [1.29, 1.82) is 0 Å². The Labute approximate surface area is 202 Å². The Morgan fingerprint density at radius 3 is 2.68 bits per heavy atom. The van der Waals surface area contributed by atoms with Crippen LogP contribution in [0.2, 0.25) is 0 Å². The van der Waals surface area contributed by atoms with Crippen LogP contribution in [0.25, 0.3) is 0 Å². The Kier molecular flexibility index (Phi) is 7.58. The molecule has 182 valence electrons. The van der Waals surface area contributed by atoms with E-state index in [1.165, 1.54) is 4.31 Å². The van der Waals surface area contributed by atoms with E-state index in [0.29, 0.717) is 18.2 Å². The van der Waals surface area contributed by atoms with E-state index in [2.05, 4.69) is 21.7 Å². The van der Waals surface area contributed by atoms with E-state index < -0.39 is 16.1 Å². The molecule has 2 aromatic rings. The average molecular weight is 484 g/mol. The summed E-state index contributed by atoms with van der Waals surface area (Å²) in [7, 11) is -1.82. The monoisotopic (exact) mass is 483 g/mol. The lowest BCUT2D eigenvalue weighted by atomic mass is 10.0. The van der Waals surface area contributed by atoms with E-state index in [9.17, 15) is 13.5 Å². The van der Waals surface area contributed by atoms with Gasteiger partial charge in [0.25, 0.3) is 0 Å². The topological polar surface area (TPSA) is 83.0 Å². The van der Waals surface area contributed by atoms with Crippen molar-refractivity contribution in [2.24, 2.45) is 11.8 Å². The summed E-state index contributed by atoms with van der Waals surface area (Å²) < 4.78 is 35.0. The van der Waals surface area contributed by atoms with Crippen LogP contribution in [0, 0.1) is 23.7 Å². The van der Waals surface area contributed by atoms with Crippen molar-refractivity contribution in [1.82, 2.24) is 14.2 Å². The van der Waals surface area contributed by atoms with Crippen LogP contribution in [0.4, 0.5) is 0 Å². The highest BCUT2D eigenvalue weighted by Gasteiger charge is 2.38. The van der Waals surface area contributed by atoms with Crippen molar-refractivity contribution in [2.75, 3.05) is 26.7 Å². The predicted octanol–water partition coefficient (Wildman–Crippen LogP) is 2.74. The van der Waals surface area contributed by atoms with E-state index >= 15 is 0 Å². The minimum absolute atomic E-state index is 0.0991. The molecule has 7 nitrogen and oxygen atoms in total. The summed E-state index contributed by atoms with van der Waals surface area (Å²) in [5, 5.41) is 9.79. The van der Waals surface area contributed by atoms with Gasteiger partial charge in [-0.15, -0.1) is 0 Å². The molecule has 2 heterocycles. The fourth-order valence-corrected chi connectivity index (χ4v) is 5.93. The van der Waals surface area contributed by atoms with E-state index in [-0.39, 0.29) is 30.1 Å². The Balaban J connectivity index is 1.66. The fraction of sp³-hybridized carbons (Fsp3) is 0.500. The van der Waals surface area contributed by atoms with E-state index in [1.54, 1.807) is 37.5 Å². The summed E-state index contributed by atoms with van der Waals surface area (Å²) in [6, 6.07) is 8.51. The van der Waals surface area contributed by atoms with Gasteiger partial charge in [-0.1, -0.05) is 18.8 Å². The SMILES string of the molecule is C[C@@H]1CN([C@@H](C)CO)S(=O)(=O)c2ccc(C#CC3CC3)cc2O[C@H]1CN(C)Cc1ccncc1. The number of ether oxygens (including phenoxy) is 1. The highest BCUT2D eigenvalue weighted by Crippen LogP contribution is 2.34. The van der Waals surface area contributed by atoms with E-state index in [1.807, 2.05) is 26.1 Å². The maximum atomic E-state index is 13.6. The minimum atomic E-state index is -3.84. The standard InChI is InChI=1S/C26H33N3O4S/c1-19-15-29(20(2)18-30)34(31,32)26-9-8-22(7-6-21-4-5-21)14-24(26)33-25(19)17-28(3)16-23-10-12-27-13-11-23/h8-14,19-21,25,30H,4-5,15-18H2,1-3H3/t19-,20+,25+/m1/s1. The quantitative estimate of drug-likeness (QED) is 0.637. The highest BCUT2D eigenvalue weighted by atomic mass is 32.2. The first-order chi connectivity index (χ1) is 16.3. The van der Waals surface area contributed by atoms with Gasteiger partial charge in [-0.2, -0.15) is 4.31 Å². The number of likely N-dealkylation sites (N-methyl/N-ethyl adjacent to an activating group) is 1. The molecule has 0 unspecified atom stereocenters. The molecule has 1 aliphatic heterocycles. The normalized spacial score (nSPS) is 23.1. The van der Waals surface area contributed by atoms with Crippen LogP contribution < -0.4 is 4.74 Å². The largest absolute Gasteiger partial charge is 0.487 e. The minimum Gasteiger partial charge on any atom is -0.487 e.